The molecule has 11 nitrogen and oxygen atoms in total. The highest BCUT2D eigenvalue weighted by Crippen LogP contribution is 2.43. The van der Waals surface area contributed by atoms with Gasteiger partial charge in [0.2, 0.25) is 5.79 Å². The Balaban J connectivity index is 1.33. The van der Waals surface area contributed by atoms with Gasteiger partial charge < -0.3 is 34.5 Å². The van der Waals surface area contributed by atoms with Gasteiger partial charge >= 0.3 is 0 Å². The van der Waals surface area contributed by atoms with E-state index in [1.54, 1.807) is 31.2 Å². The maximum absolute atomic E-state index is 13.8. The average molecular weight is 575 g/mol. The lowest BCUT2D eigenvalue weighted by atomic mass is 9.86. The second-order valence-corrected chi connectivity index (χ2v) is 10.0. The number of fused-ring (bicyclic) bond motifs is 1. The normalized spacial score (nSPS) is 28.0. The molecule has 4 heterocycles. The molecular weight excluding hydrogens is 549 g/mol. The van der Waals surface area contributed by atoms with E-state index >= 15 is 0 Å². The average Bonchev–Trinajstić information content (AvgIpc) is 3.66. The Labute approximate surface area is 230 Å². The summed E-state index contributed by atoms with van der Waals surface area (Å²) in [5.41, 5.74) is 0.598. The Hall–Kier alpha value is -3.82. The highest BCUT2D eigenvalue weighted by atomic mass is 19.2. The van der Waals surface area contributed by atoms with Crippen LogP contribution < -0.4 is 5.32 Å². The van der Waals surface area contributed by atoms with Gasteiger partial charge in [-0.2, -0.15) is 0 Å². The number of benzene rings is 2. The smallest absolute Gasteiger partial charge is 0.255 e. The quantitative estimate of drug-likeness (QED) is 0.262. The van der Waals surface area contributed by atoms with E-state index in [-0.39, 0.29) is 24.3 Å². The summed E-state index contributed by atoms with van der Waals surface area (Å²) in [5.74, 6) is -6.55. The molecule has 2 aliphatic rings. The SMILES string of the molecule is Cc1oc2ccccc2c1C(=O)N[C@@H]1CCO[C@]12O[C@H](CO)[C@H](O)[C@H](n1cc(-c3cc(F)c(F)c(F)c3)nn1)[C@H]2O. The molecule has 4 aromatic rings. The molecule has 6 atom stereocenters. The number of aromatic nitrogens is 3. The Bertz CT molecular complexity index is 1600. The Morgan fingerprint density at radius 1 is 1.20 bits per heavy atom. The molecule has 0 unspecified atom stereocenters. The third-order valence-corrected chi connectivity index (χ3v) is 7.60. The van der Waals surface area contributed by atoms with Gasteiger partial charge in [-0.1, -0.05) is 23.4 Å². The first-order valence-electron chi connectivity index (χ1n) is 12.8. The second kappa shape index (κ2) is 10.2. The molecule has 0 radical (unpaired) electrons. The number of furan rings is 1. The number of para-hydroxylation sites is 1. The number of aliphatic hydroxyl groups is 3. The number of carbonyl (C=O) groups excluding carboxylic acids is 1. The van der Waals surface area contributed by atoms with E-state index in [4.69, 9.17) is 13.9 Å². The van der Waals surface area contributed by atoms with Crippen molar-refractivity contribution in [3.05, 3.63) is 71.4 Å². The molecule has 216 valence electrons. The van der Waals surface area contributed by atoms with Crippen molar-refractivity contribution in [1.82, 2.24) is 20.3 Å². The molecule has 0 saturated carbocycles. The van der Waals surface area contributed by atoms with Crippen molar-refractivity contribution in [2.24, 2.45) is 0 Å². The molecule has 6 rings (SSSR count). The lowest BCUT2D eigenvalue weighted by Gasteiger charge is -2.49. The molecular formula is C27H25F3N4O7. The third-order valence-electron chi connectivity index (χ3n) is 7.60. The molecule has 2 fully saturated rings. The van der Waals surface area contributed by atoms with Crippen LogP contribution in [0.2, 0.25) is 0 Å². The van der Waals surface area contributed by atoms with Crippen LogP contribution in [0.5, 0.6) is 0 Å². The molecule has 0 bridgehead atoms. The van der Waals surface area contributed by atoms with E-state index in [1.807, 2.05) is 0 Å². The van der Waals surface area contributed by atoms with Crippen LogP contribution in [-0.2, 0) is 9.47 Å². The molecule has 41 heavy (non-hydrogen) atoms. The first-order valence-corrected chi connectivity index (χ1v) is 12.8. The number of carbonyl (C=O) groups is 1. The molecule has 0 aliphatic carbocycles. The molecule has 2 aromatic heterocycles. The number of aryl methyl sites for hydroxylation is 1. The zero-order valence-electron chi connectivity index (χ0n) is 21.5. The van der Waals surface area contributed by atoms with E-state index in [0.29, 0.717) is 22.3 Å². The predicted molar refractivity (Wildman–Crippen MR) is 134 cm³/mol. The minimum Gasteiger partial charge on any atom is -0.461 e. The Kier molecular flexibility index (Phi) is 6.82. The summed E-state index contributed by atoms with van der Waals surface area (Å²) in [6, 6.07) is 6.19. The van der Waals surface area contributed by atoms with Gasteiger partial charge in [0.05, 0.1) is 31.0 Å². The third kappa shape index (κ3) is 4.38. The summed E-state index contributed by atoms with van der Waals surface area (Å²) in [5, 5.41) is 43.8. The maximum Gasteiger partial charge on any atom is 0.255 e. The summed E-state index contributed by atoms with van der Waals surface area (Å²) in [7, 11) is 0. The van der Waals surface area contributed by atoms with Gasteiger partial charge in [-0.3, -0.25) is 4.79 Å². The zero-order valence-corrected chi connectivity index (χ0v) is 21.5. The van der Waals surface area contributed by atoms with Gasteiger partial charge in [0.1, 0.15) is 41.4 Å². The molecule has 4 N–H and O–H groups in total. The number of rotatable bonds is 5. The van der Waals surface area contributed by atoms with Crippen molar-refractivity contribution in [1.29, 1.82) is 0 Å². The van der Waals surface area contributed by atoms with Crippen LogP contribution in [0.1, 0.15) is 28.6 Å². The molecule has 1 amide bonds. The van der Waals surface area contributed by atoms with Crippen molar-refractivity contribution in [3.8, 4) is 11.3 Å². The summed E-state index contributed by atoms with van der Waals surface area (Å²) in [4.78, 5) is 13.5. The van der Waals surface area contributed by atoms with E-state index < -0.39 is 66.1 Å². The minimum absolute atomic E-state index is 0.0603. The van der Waals surface area contributed by atoms with Crippen molar-refractivity contribution in [2.75, 3.05) is 13.2 Å². The lowest BCUT2D eigenvalue weighted by molar-refractivity contribution is -0.344. The summed E-state index contributed by atoms with van der Waals surface area (Å²) in [6.45, 7) is 1.03. The van der Waals surface area contributed by atoms with E-state index in [0.717, 1.165) is 16.8 Å². The summed E-state index contributed by atoms with van der Waals surface area (Å²) < 4.78 is 59.6. The van der Waals surface area contributed by atoms with Crippen LogP contribution in [0.15, 0.2) is 47.0 Å². The van der Waals surface area contributed by atoms with Gasteiger partial charge in [-0.15, -0.1) is 5.10 Å². The topological polar surface area (TPSA) is 152 Å². The highest BCUT2D eigenvalue weighted by Gasteiger charge is 2.62. The highest BCUT2D eigenvalue weighted by molar-refractivity contribution is 6.07. The van der Waals surface area contributed by atoms with Crippen molar-refractivity contribution in [3.63, 3.8) is 0 Å². The van der Waals surface area contributed by atoms with Crippen molar-refractivity contribution in [2.45, 2.75) is 49.5 Å². The van der Waals surface area contributed by atoms with Gasteiger partial charge in [0.15, 0.2) is 17.5 Å². The molecule has 1 spiro atoms. The monoisotopic (exact) mass is 574 g/mol. The number of halogens is 3. The summed E-state index contributed by atoms with van der Waals surface area (Å²) in [6.07, 6.45) is -3.09. The van der Waals surface area contributed by atoms with Crippen LogP contribution in [0, 0.1) is 24.4 Å². The standard InChI is InChI=1S/C27H25F3N4O7/c1-12-21(14-4-2-3-5-18(14)40-12)26(38)31-20-6-7-39-27(20)25(37)23(24(36)19(11-35)41-27)34-10-17(32-33-34)13-8-15(28)22(30)16(29)9-13/h2-5,8-10,19-20,23-25,35-37H,6-7,11H2,1H3,(H,31,38)/t19-,20-,23+,24+,25-,27+/m1/s1. The molecule has 2 saturated heterocycles. The number of hydrogen-bond acceptors (Lipinski definition) is 9. The Morgan fingerprint density at radius 2 is 1.93 bits per heavy atom. The van der Waals surface area contributed by atoms with E-state index in [2.05, 4.69) is 15.6 Å². The zero-order chi connectivity index (χ0) is 29.1. The Morgan fingerprint density at radius 3 is 2.66 bits per heavy atom. The van der Waals surface area contributed by atoms with E-state index in [9.17, 15) is 33.3 Å². The first kappa shape index (κ1) is 27.4. The van der Waals surface area contributed by atoms with Gasteiger partial charge in [0.25, 0.3) is 5.91 Å². The van der Waals surface area contributed by atoms with E-state index in [1.165, 1.54) is 6.20 Å². The first-order chi connectivity index (χ1) is 19.6. The van der Waals surface area contributed by atoms with Crippen LogP contribution in [0.4, 0.5) is 13.2 Å². The molecule has 2 aliphatic heterocycles. The maximum atomic E-state index is 13.8. The number of hydrogen-bond donors (Lipinski definition) is 4. The van der Waals surface area contributed by atoms with Crippen LogP contribution >= 0.6 is 0 Å². The van der Waals surface area contributed by atoms with Gasteiger partial charge in [0, 0.05) is 10.9 Å². The fraction of sp³-hybridized carbons (Fsp3) is 0.370. The lowest BCUT2D eigenvalue weighted by Crippen LogP contribution is -2.69. The molecule has 14 heteroatoms. The summed E-state index contributed by atoms with van der Waals surface area (Å²) >= 11 is 0. The number of aliphatic hydroxyl groups excluding tert-OH is 3. The minimum atomic E-state index is -1.92. The number of nitrogens with zero attached hydrogens (tertiary/aromatic N) is 3. The van der Waals surface area contributed by atoms with Crippen LogP contribution in [0.3, 0.4) is 0 Å². The number of amides is 1. The predicted octanol–water partition coefficient (Wildman–Crippen LogP) is 1.99. The second-order valence-electron chi connectivity index (χ2n) is 10.0. The van der Waals surface area contributed by atoms with Gasteiger partial charge in [-0.05, 0) is 31.5 Å². The van der Waals surface area contributed by atoms with Crippen molar-refractivity contribution < 1.29 is 47.2 Å². The number of nitrogens with one attached hydrogen (secondary N) is 1. The fourth-order valence-electron chi connectivity index (χ4n) is 5.62. The largest absolute Gasteiger partial charge is 0.461 e. The van der Waals surface area contributed by atoms with Gasteiger partial charge in [-0.25, -0.2) is 17.9 Å². The van der Waals surface area contributed by atoms with Crippen LogP contribution in [0.25, 0.3) is 22.2 Å². The van der Waals surface area contributed by atoms with Crippen LogP contribution in [-0.4, -0.2) is 79.6 Å². The molecule has 2 aromatic carbocycles. The number of ether oxygens (including phenoxy) is 2. The van der Waals surface area contributed by atoms with Crippen molar-refractivity contribution >= 4 is 16.9 Å². The fourth-order valence-corrected chi connectivity index (χ4v) is 5.62.